The molecule has 2 aliphatic rings. The highest BCUT2D eigenvalue weighted by atomic mass is 16.3. The average molecular weight is 900 g/mol. The summed E-state index contributed by atoms with van der Waals surface area (Å²) in [6.45, 7) is 25.8. The van der Waals surface area contributed by atoms with Crippen molar-refractivity contribution in [3.8, 4) is 33.4 Å². The van der Waals surface area contributed by atoms with Gasteiger partial charge in [-0.15, -0.1) is 0 Å². The quantitative estimate of drug-likeness (QED) is 0.169. The molecule has 0 atom stereocenters. The van der Waals surface area contributed by atoms with Crippen molar-refractivity contribution in [2.24, 2.45) is 0 Å². The van der Waals surface area contributed by atoms with E-state index in [0.29, 0.717) is 0 Å². The lowest BCUT2D eigenvalue weighted by molar-refractivity contribution is 0.332. The lowest BCUT2D eigenvalue weighted by Crippen LogP contribution is -2.41. The third-order valence-corrected chi connectivity index (χ3v) is 15.4. The number of nitrogens with one attached hydrogen (secondary N) is 1. The van der Waals surface area contributed by atoms with Crippen LogP contribution in [0.4, 0.5) is 28.4 Å². The van der Waals surface area contributed by atoms with Gasteiger partial charge in [0.05, 0.1) is 5.69 Å². The number of fused-ring (bicyclic) bond motifs is 6. The summed E-state index contributed by atoms with van der Waals surface area (Å²) in [5, 5.41) is 6.28. The molecule has 0 saturated heterocycles. The molecule has 2 heterocycles. The SMILES string of the molecule is Cc1ccccc1-c1cc(-c2cc3c(cc2Nc2ccc(C(C)(C)C)cc2)C(C)(C)CCC3(C)C)c2c(c1)N(c1ccc(C(C)(C)C)cc1-c1ccccc1)c1cc3c(cc1[B]2)oc1ccccc13. The summed E-state index contributed by atoms with van der Waals surface area (Å²) in [7, 11) is 2.44. The highest BCUT2D eigenvalue weighted by Gasteiger charge is 2.39. The second kappa shape index (κ2) is 16.2. The van der Waals surface area contributed by atoms with E-state index >= 15 is 0 Å². The van der Waals surface area contributed by atoms with Gasteiger partial charge in [-0.3, -0.25) is 0 Å². The minimum Gasteiger partial charge on any atom is -0.456 e. The van der Waals surface area contributed by atoms with Gasteiger partial charge in [0.2, 0.25) is 0 Å². The number of hydrogen-bond donors (Lipinski definition) is 1. The van der Waals surface area contributed by atoms with Crippen molar-refractivity contribution >= 4 is 68.6 Å². The van der Waals surface area contributed by atoms with Crippen molar-refractivity contribution in [3.63, 3.8) is 0 Å². The summed E-state index contributed by atoms with van der Waals surface area (Å²) < 4.78 is 6.67. The first-order valence-electron chi connectivity index (χ1n) is 25.0. The topological polar surface area (TPSA) is 28.4 Å². The summed E-state index contributed by atoms with van der Waals surface area (Å²) in [5.74, 6) is 0. The van der Waals surface area contributed by atoms with Crippen LogP contribution in [0.5, 0.6) is 0 Å². The summed E-state index contributed by atoms with van der Waals surface area (Å²) in [6.07, 6.45) is 2.26. The molecule has 69 heavy (non-hydrogen) atoms. The van der Waals surface area contributed by atoms with Gasteiger partial charge in [0.25, 0.3) is 0 Å². The van der Waals surface area contributed by atoms with Crippen LogP contribution in [0.25, 0.3) is 55.3 Å². The van der Waals surface area contributed by atoms with Crippen LogP contribution in [-0.2, 0) is 21.7 Å². The Kier molecular flexibility index (Phi) is 10.5. The standard InChI is InChI=1S/C65H64BN2O/c1-40-19-15-16-22-46(40)42-33-51(49-36-52-53(65(10,11)32-31-64(52,8)9)38-55(49)67-45-28-25-43(26-29-45)62(2,3)4)61-58(34-42)68(56-30-27-44(63(5,6)7)35-48(56)41-20-13-12-14-21-41)57-37-50-47-23-17-18-24-59(47)69-60(50)39-54(57)66-61/h12-30,33-39,67H,31-32H2,1-11H3. The van der Waals surface area contributed by atoms with Crippen LogP contribution >= 0.6 is 0 Å². The molecule has 9 aromatic rings. The molecular formula is C65H64BN2O. The molecule has 1 aromatic heterocycles. The van der Waals surface area contributed by atoms with Gasteiger partial charge in [-0.05, 0) is 164 Å². The number of nitrogens with zero attached hydrogens (tertiary/aromatic N) is 1. The van der Waals surface area contributed by atoms with E-state index in [1.807, 2.05) is 0 Å². The molecule has 1 aliphatic heterocycles. The van der Waals surface area contributed by atoms with Crippen LogP contribution in [0.15, 0.2) is 162 Å². The molecule has 0 amide bonds. The highest BCUT2D eigenvalue weighted by Crippen LogP contribution is 2.51. The van der Waals surface area contributed by atoms with Gasteiger partial charge in [-0.2, -0.15) is 0 Å². The van der Waals surface area contributed by atoms with Crippen LogP contribution in [0.3, 0.4) is 0 Å². The van der Waals surface area contributed by atoms with Gasteiger partial charge in [-0.25, -0.2) is 0 Å². The van der Waals surface area contributed by atoms with E-state index in [2.05, 4.69) is 251 Å². The summed E-state index contributed by atoms with van der Waals surface area (Å²) >= 11 is 0. The smallest absolute Gasteiger partial charge is 0.198 e. The molecule has 343 valence electrons. The number of benzene rings is 8. The van der Waals surface area contributed by atoms with Gasteiger partial charge in [0, 0.05) is 44.6 Å². The first-order chi connectivity index (χ1) is 32.8. The summed E-state index contributed by atoms with van der Waals surface area (Å²) in [6, 6.07) is 59.1. The Morgan fingerprint density at radius 1 is 0.507 bits per heavy atom. The first-order valence-corrected chi connectivity index (χ1v) is 25.0. The molecule has 8 aromatic carbocycles. The van der Waals surface area contributed by atoms with E-state index in [9.17, 15) is 0 Å². The molecule has 1 radical (unpaired) electrons. The van der Waals surface area contributed by atoms with Crippen molar-refractivity contribution in [1.82, 2.24) is 0 Å². The zero-order valence-corrected chi connectivity index (χ0v) is 42.4. The molecule has 1 N–H and O–H groups in total. The lowest BCUT2D eigenvalue weighted by Gasteiger charge is -2.43. The van der Waals surface area contributed by atoms with Gasteiger partial charge in [-0.1, -0.05) is 166 Å². The molecule has 0 spiro atoms. The molecule has 4 heteroatoms. The Morgan fingerprint density at radius 3 is 1.87 bits per heavy atom. The second-order valence-corrected chi connectivity index (χ2v) is 23.3. The van der Waals surface area contributed by atoms with E-state index < -0.39 is 0 Å². The van der Waals surface area contributed by atoms with Crippen molar-refractivity contribution in [3.05, 3.63) is 186 Å². The first kappa shape index (κ1) is 44.7. The summed E-state index contributed by atoms with van der Waals surface area (Å²) in [4.78, 5) is 2.57. The molecule has 3 nitrogen and oxygen atoms in total. The van der Waals surface area contributed by atoms with Crippen LogP contribution in [0.2, 0.25) is 0 Å². The fraction of sp³-hybridized carbons (Fsp3) is 0.262. The van der Waals surface area contributed by atoms with Crippen molar-refractivity contribution < 1.29 is 4.42 Å². The van der Waals surface area contributed by atoms with E-state index in [-0.39, 0.29) is 21.7 Å². The number of furan rings is 1. The number of hydrogen-bond acceptors (Lipinski definition) is 3. The van der Waals surface area contributed by atoms with Crippen LogP contribution in [-0.4, -0.2) is 7.28 Å². The molecule has 1 aliphatic carbocycles. The van der Waals surface area contributed by atoms with E-state index in [4.69, 9.17) is 4.42 Å². The minimum absolute atomic E-state index is 0.00515. The maximum Gasteiger partial charge on any atom is 0.198 e. The maximum absolute atomic E-state index is 6.67. The Hall–Kier alpha value is -6.78. The molecule has 0 saturated carbocycles. The van der Waals surface area contributed by atoms with Gasteiger partial charge >= 0.3 is 0 Å². The number of aryl methyl sites for hydroxylation is 1. The van der Waals surface area contributed by atoms with Gasteiger partial charge < -0.3 is 14.6 Å². The van der Waals surface area contributed by atoms with Crippen LogP contribution in [0.1, 0.15) is 110 Å². The third kappa shape index (κ3) is 7.87. The lowest BCUT2D eigenvalue weighted by atomic mass is 9.57. The Bertz CT molecular complexity index is 3470. The monoisotopic (exact) mass is 900 g/mol. The maximum atomic E-state index is 6.67. The predicted octanol–water partition coefficient (Wildman–Crippen LogP) is 17.0. The normalized spacial score (nSPS) is 15.1. The average Bonchev–Trinajstić information content (AvgIpc) is 3.68. The Labute approximate surface area is 410 Å². The van der Waals surface area contributed by atoms with E-state index in [0.717, 1.165) is 68.7 Å². The Morgan fingerprint density at radius 2 is 1.16 bits per heavy atom. The number of rotatable bonds is 6. The van der Waals surface area contributed by atoms with Crippen molar-refractivity contribution in [2.75, 3.05) is 10.2 Å². The number of anilines is 5. The molecule has 0 fully saturated rings. The summed E-state index contributed by atoms with van der Waals surface area (Å²) in [5.41, 5.74) is 23.6. The second-order valence-electron chi connectivity index (χ2n) is 23.3. The van der Waals surface area contributed by atoms with E-state index in [1.54, 1.807) is 0 Å². The van der Waals surface area contributed by atoms with Crippen LogP contribution in [0, 0.1) is 6.92 Å². The third-order valence-electron chi connectivity index (χ3n) is 15.4. The highest BCUT2D eigenvalue weighted by molar-refractivity contribution is 6.73. The predicted molar refractivity (Wildman–Crippen MR) is 297 cm³/mol. The molecule has 11 rings (SSSR count). The van der Waals surface area contributed by atoms with Gasteiger partial charge in [0.1, 0.15) is 11.2 Å². The zero-order chi connectivity index (χ0) is 48.2. The fourth-order valence-electron chi connectivity index (χ4n) is 11.1. The molecule has 0 bridgehead atoms. The van der Waals surface area contributed by atoms with Crippen LogP contribution < -0.4 is 21.1 Å². The zero-order valence-electron chi connectivity index (χ0n) is 42.4. The van der Waals surface area contributed by atoms with Crippen molar-refractivity contribution in [2.45, 2.75) is 111 Å². The minimum atomic E-state index is -0.0497. The fourth-order valence-corrected chi connectivity index (χ4v) is 11.1. The molecule has 0 unspecified atom stereocenters. The van der Waals surface area contributed by atoms with Crippen molar-refractivity contribution in [1.29, 1.82) is 0 Å². The van der Waals surface area contributed by atoms with E-state index in [1.165, 1.54) is 66.7 Å². The molecular weight excluding hydrogens is 836 g/mol. The number of para-hydroxylation sites is 1. The van der Waals surface area contributed by atoms with Gasteiger partial charge in [0.15, 0.2) is 7.28 Å². The Balaban J connectivity index is 1.25. The largest absolute Gasteiger partial charge is 0.456 e.